The van der Waals surface area contributed by atoms with Crippen molar-refractivity contribution < 1.29 is 13.2 Å². The Balaban J connectivity index is 1.47. The molecule has 1 unspecified atom stereocenters. The van der Waals surface area contributed by atoms with Crippen molar-refractivity contribution in [2.75, 3.05) is 0 Å². The van der Waals surface area contributed by atoms with Crippen molar-refractivity contribution in [2.45, 2.75) is 53.1 Å². The molecule has 0 aromatic heterocycles. The fourth-order valence-corrected chi connectivity index (χ4v) is 7.90. The molecule has 0 aliphatic rings. The van der Waals surface area contributed by atoms with Gasteiger partial charge in [-0.1, -0.05) is 115 Å². The fraction of sp³-hybridized carbons (Fsp3) is 0.174. The van der Waals surface area contributed by atoms with Crippen LogP contribution in [0.4, 0.5) is 13.2 Å². The van der Waals surface area contributed by atoms with E-state index in [2.05, 4.69) is 57.2 Å². The molecule has 7 aromatic rings. The van der Waals surface area contributed by atoms with Gasteiger partial charge in [0.15, 0.2) is 0 Å². The van der Waals surface area contributed by atoms with Gasteiger partial charge in [-0.3, -0.25) is 0 Å². The van der Waals surface area contributed by atoms with E-state index in [1.807, 2.05) is 80.6 Å². The van der Waals surface area contributed by atoms with E-state index in [1.165, 1.54) is 6.92 Å². The SMILES string of the molecule is Cc1c(-c2ccccc2)c(C)c2ccc(C(C)(c3ccc4c(C)c(-c5ccccc5)c(-c5ccccc5)c(C)c4c3)C(F)(F)F)cc2c1C. The lowest BCUT2D eigenvalue weighted by Crippen LogP contribution is -2.40. The van der Waals surface area contributed by atoms with Crippen molar-refractivity contribution in [1.29, 1.82) is 0 Å². The molecule has 0 spiro atoms. The van der Waals surface area contributed by atoms with E-state index in [0.717, 1.165) is 82.7 Å². The molecule has 7 rings (SSSR count). The number of alkyl halides is 3. The van der Waals surface area contributed by atoms with Gasteiger partial charge >= 0.3 is 6.18 Å². The summed E-state index contributed by atoms with van der Waals surface area (Å²) in [5, 5.41) is 3.62. The van der Waals surface area contributed by atoms with E-state index >= 15 is 13.2 Å². The van der Waals surface area contributed by atoms with E-state index in [1.54, 1.807) is 24.3 Å². The van der Waals surface area contributed by atoms with Crippen molar-refractivity contribution in [3.8, 4) is 33.4 Å². The summed E-state index contributed by atoms with van der Waals surface area (Å²) in [7, 11) is 0. The summed E-state index contributed by atoms with van der Waals surface area (Å²) >= 11 is 0. The highest BCUT2D eigenvalue weighted by Gasteiger charge is 2.53. The molecule has 0 saturated heterocycles. The maximum absolute atomic E-state index is 15.6. The number of rotatable bonds is 5. The van der Waals surface area contributed by atoms with E-state index in [9.17, 15) is 0 Å². The van der Waals surface area contributed by atoms with Crippen LogP contribution in [-0.4, -0.2) is 6.18 Å². The molecule has 0 aliphatic heterocycles. The molecule has 0 N–H and O–H groups in total. The zero-order valence-electron chi connectivity index (χ0n) is 28.8. The third kappa shape index (κ3) is 5.15. The molecule has 3 heteroatoms. The molecular formula is C46H39F3. The maximum Gasteiger partial charge on any atom is 0.402 e. The summed E-state index contributed by atoms with van der Waals surface area (Å²) in [5.41, 5.74) is 9.91. The number of halogens is 3. The average Bonchev–Trinajstić information content (AvgIpc) is 3.12. The van der Waals surface area contributed by atoms with Crippen LogP contribution in [0.25, 0.3) is 54.9 Å². The number of benzene rings is 7. The standard InChI is InChI=1S/C46H39F3/c1-28-29(2)42(33-16-10-7-11-17-33)30(3)38-24-22-36(26-40(28)38)45(6,46(47,48)49)37-23-25-39-31(4)43(34-18-12-8-13-19-34)44(32(5)41(39)27-37)35-20-14-9-15-21-35/h7-27H,1-6H3. The Bertz CT molecular complexity index is 2350. The molecule has 1 atom stereocenters. The van der Waals surface area contributed by atoms with E-state index in [0.29, 0.717) is 0 Å². The van der Waals surface area contributed by atoms with Crippen LogP contribution in [0.2, 0.25) is 0 Å². The molecule has 0 heterocycles. The van der Waals surface area contributed by atoms with Crippen LogP contribution < -0.4 is 0 Å². The van der Waals surface area contributed by atoms with Crippen LogP contribution in [0.15, 0.2) is 127 Å². The molecule has 7 aromatic carbocycles. The molecule has 0 saturated carbocycles. The predicted octanol–water partition coefficient (Wildman–Crippen LogP) is 13.4. The van der Waals surface area contributed by atoms with E-state index in [4.69, 9.17) is 0 Å². The van der Waals surface area contributed by atoms with Gasteiger partial charge in [-0.15, -0.1) is 0 Å². The number of hydrogen-bond donors (Lipinski definition) is 0. The summed E-state index contributed by atoms with van der Waals surface area (Å²) in [4.78, 5) is 0. The first-order chi connectivity index (χ1) is 23.4. The number of hydrogen-bond acceptors (Lipinski definition) is 0. The Morgan fingerprint density at radius 3 is 1.12 bits per heavy atom. The first kappa shape index (κ1) is 32.4. The summed E-state index contributed by atoms with van der Waals surface area (Å²) in [6.45, 7) is 11.6. The zero-order chi connectivity index (χ0) is 34.7. The molecule has 0 radical (unpaired) electrons. The van der Waals surface area contributed by atoms with E-state index < -0.39 is 11.6 Å². The van der Waals surface area contributed by atoms with Gasteiger partial charge in [0.1, 0.15) is 5.41 Å². The minimum Gasteiger partial charge on any atom is -0.170 e. The number of aryl methyl sites for hydroxylation is 4. The third-order valence-electron chi connectivity index (χ3n) is 10.9. The Hall–Kier alpha value is -5.15. The molecule has 0 bridgehead atoms. The zero-order valence-corrected chi connectivity index (χ0v) is 28.8. The highest BCUT2D eigenvalue weighted by molar-refractivity contribution is 6.03. The third-order valence-corrected chi connectivity index (χ3v) is 10.9. The van der Waals surface area contributed by atoms with Crippen molar-refractivity contribution in [1.82, 2.24) is 0 Å². The highest BCUT2D eigenvalue weighted by atomic mass is 19.4. The lowest BCUT2D eigenvalue weighted by Gasteiger charge is -2.34. The second-order valence-electron chi connectivity index (χ2n) is 13.5. The average molecular weight is 649 g/mol. The van der Waals surface area contributed by atoms with Crippen LogP contribution in [-0.2, 0) is 5.41 Å². The van der Waals surface area contributed by atoms with Gasteiger partial charge < -0.3 is 0 Å². The fourth-order valence-electron chi connectivity index (χ4n) is 7.90. The van der Waals surface area contributed by atoms with E-state index in [-0.39, 0.29) is 11.1 Å². The molecular weight excluding hydrogens is 610 g/mol. The minimum atomic E-state index is -4.55. The summed E-state index contributed by atoms with van der Waals surface area (Å²) < 4.78 is 46.9. The second kappa shape index (κ2) is 12.1. The largest absolute Gasteiger partial charge is 0.402 e. The summed E-state index contributed by atoms with van der Waals surface area (Å²) in [6.07, 6.45) is -4.55. The van der Waals surface area contributed by atoms with Gasteiger partial charge in [-0.25, -0.2) is 0 Å². The van der Waals surface area contributed by atoms with Gasteiger partial charge in [0.05, 0.1) is 0 Å². The Morgan fingerprint density at radius 1 is 0.367 bits per heavy atom. The smallest absolute Gasteiger partial charge is 0.170 e. The molecule has 49 heavy (non-hydrogen) atoms. The lowest BCUT2D eigenvalue weighted by molar-refractivity contribution is -0.173. The highest BCUT2D eigenvalue weighted by Crippen LogP contribution is 2.50. The monoisotopic (exact) mass is 648 g/mol. The molecule has 244 valence electrons. The van der Waals surface area contributed by atoms with Crippen LogP contribution in [0.5, 0.6) is 0 Å². The van der Waals surface area contributed by atoms with Gasteiger partial charge in [0.2, 0.25) is 0 Å². The van der Waals surface area contributed by atoms with Crippen molar-refractivity contribution in [3.05, 3.63) is 166 Å². The van der Waals surface area contributed by atoms with Gasteiger partial charge in [0, 0.05) is 0 Å². The summed E-state index contributed by atoms with van der Waals surface area (Å²) in [6, 6.07) is 41.3. The maximum atomic E-state index is 15.6. The van der Waals surface area contributed by atoms with Crippen LogP contribution >= 0.6 is 0 Å². The molecule has 0 nitrogen and oxygen atoms in total. The van der Waals surface area contributed by atoms with Crippen LogP contribution in [0.3, 0.4) is 0 Å². The first-order valence-electron chi connectivity index (χ1n) is 16.8. The Labute approximate surface area is 286 Å². The minimum absolute atomic E-state index is 0.229. The Kier molecular flexibility index (Phi) is 7.98. The Morgan fingerprint density at radius 2 is 0.714 bits per heavy atom. The van der Waals surface area contributed by atoms with Gasteiger partial charge in [-0.2, -0.15) is 13.2 Å². The van der Waals surface area contributed by atoms with Crippen molar-refractivity contribution in [3.63, 3.8) is 0 Å². The topological polar surface area (TPSA) is 0 Å². The number of fused-ring (bicyclic) bond motifs is 2. The molecule has 0 amide bonds. The normalized spacial score (nSPS) is 13.2. The lowest BCUT2D eigenvalue weighted by atomic mass is 9.73. The van der Waals surface area contributed by atoms with Crippen LogP contribution in [0, 0.1) is 34.6 Å². The first-order valence-corrected chi connectivity index (χ1v) is 16.8. The summed E-state index contributed by atoms with van der Waals surface area (Å²) in [5.74, 6) is 0. The van der Waals surface area contributed by atoms with Crippen LogP contribution in [0.1, 0.15) is 45.9 Å². The molecule has 0 fully saturated rings. The molecule has 0 aliphatic carbocycles. The van der Waals surface area contributed by atoms with Crippen molar-refractivity contribution >= 4 is 21.5 Å². The quantitative estimate of drug-likeness (QED) is 0.174. The van der Waals surface area contributed by atoms with Gasteiger partial charge in [-0.05, 0) is 148 Å². The predicted molar refractivity (Wildman–Crippen MR) is 200 cm³/mol. The van der Waals surface area contributed by atoms with Gasteiger partial charge in [0.25, 0.3) is 0 Å². The second-order valence-corrected chi connectivity index (χ2v) is 13.5. The van der Waals surface area contributed by atoms with Crippen molar-refractivity contribution in [2.24, 2.45) is 0 Å².